The van der Waals surface area contributed by atoms with E-state index < -0.39 is 0 Å². The van der Waals surface area contributed by atoms with E-state index in [0.29, 0.717) is 5.75 Å². The predicted molar refractivity (Wildman–Crippen MR) is 45.2 cm³/mol. The van der Waals surface area contributed by atoms with Crippen LogP contribution < -0.4 is 0 Å². The molecule has 0 fully saturated rings. The molecule has 1 rings (SSSR count). The number of hydrogen-bond acceptors (Lipinski definition) is 1. The molecule has 0 aliphatic heterocycles. The lowest BCUT2D eigenvalue weighted by molar-refractivity contribution is 0.474. The molecule has 0 saturated carbocycles. The van der Waals surface area contributed by atoms with E-state index in [1.165, 1.54) is 5.56 Å². The van der Waals surface area contributed by atoms with Gasteiger partial charge in [-0.1, -0.05) is 28.9 Å². The van der Waals surface area contributed by atoms with Gasteiger partial charge in [0.1, 0.15) is 5.75 Å². The SMILES string of the molecule is CCc1ccc(O)cc1Br. The number of halogens is 1. The summed E-state index contributed by atoms with van der Waals surface area (Å²) in [5.74, 6) is 0.309. The van der Waals surface area contributed by atoms with Crippen LogP contribution in [0.1, 0.15) is 12.5 Å². The largest absolute Gasteiger partial charge is 0.508 e. The van der Waals surface area contributed by atoms with Crippen LogP contribution in [0.3, 0.4) is 0 Å². The Bertz CT molecular complexity index is 233. The van der Waals surface area contributed by atoms with E-state index in [2.05, 4.69) is 22.9 Å². The van der Waals surface area contributed by atoms with Gasteiger partial charge < -0.3 is 5.11 Å². The van der Waals surface area contributed by atoms with Gasteiger partial charge in [0.05, 0.1) is 0 Å². The van der Waals surface area contributed by atoms with Crippen LogP contribution in [0.2, 0.25) is 0 Å². The maximum Gasteiger partial charge on any atom is 0.116 e. The lowest BCUT2D eigenvalue weighted by Gasteiger charge is -1.99. The molecule has 2 heteroatoms. The second kappa shape index (κ2) is 3.06. The van der Waals surface area contributed by atoms with Crippen LogP contribution in [0.5, 0.6) is 5.75 Å². The molecule has 0 unspecified atom stereocenters. The normalized spacial score (nSPS) is 9.80. The molecular formula is C8H9BrO. The molecule has 0 aliphatic rings. The number of aryl methyl sites for hydroxylation is 1. The van der Waals surface area contributed by atoms with E-state index in [9.17, 15) is 0 Å². The molecular weight excluding hydrogens is 192 g/mol. The molecule has 0 heterocycles. The van der Waals surface area contributed by atoms with Crippen molar-refractivity contribution in [2.24, 2.45) is 0 Å². The standard InChI is InChI=1S/C8H9BrO/c1-2-6-3-4-7(10)5-8(6)9/h3-5,10H,2H2,1H3. The predicted octanol–water partition coefficient (Wildman–Crippen LogP) is 2.72. The molecule has 0 aromatic heterocycles. The minimum atomic E-state index is 0.309. The van der Waals surface area contributed by atoms with Crippen LogP contribution in [0.15, 0.2) is 22.7 Å². The van der Waals surface area contributed by atoms with Gasteiger partial charge in [0, 0.05) is 4.47 Å². The van der Waals surface area contributed by atoms with Crippen LogP contribution in [-0.4, -0.2) is 5.11 Å². The first kappa shape index (κ1) is 7.61. The van der Waals surface area contributed by atoms with Crippen LogP contribution in [0.25, 0.3) is 0 Å². The zero-order valence-electron chi connectivity index (χ0n) is 5.76. The molecule has 0 bridgehead atoms. The average Bonchev–Trinajstić information content (AvgIpc) is 1.88. The van der Waals surface area contributed by atoms with Crippen molar-refractivity contribution in [2.75, 3.05) is 0 Å². The third-order valence-electron chi connectivity index (χ3n) is 1.42. The number of aromatic hydroxyl groups is 1. The molecule has 10 heavy (non-hydrogen) atoms. The highest BCUT2D eigenvalue weighted by atomic mass is 79.9. The summed E-state index contributed by atoms with van der Waals surface area (Å²) in [6, 6.07) is 5.32. The van der Waals surface area contributed by atoms with E-state index in [-0.39, 0.29) is 0 Å². The Balaban J connectivity index is 3.07. The number of hydrogen-bond donors (Lipinski definition) is 1. The Morgan fingerprint density at radius 3 is 2.70 bits per heavy atom. The number of phenolic OH excluding ortho intramolecular Hbond substituents is 1. The minimum absolute atomic E-state index is 0.309. The molecule has 0 amide bonds. The molecule has 0 radical (unpaired) electrons. The highest BCUT2D eigenvalue weighted by Crippen LogP contribution is 2.21. The molecule has 1 aromatic carbocycles. The molecule has 0 spiro atoms. The number of benzene rings is 1. The fraction of sp³-hybridized carbons (Fsp3) is 0.250. The van der Waals surface area contributed by atoms with Gasteiger partial charge in [-0.3, -0.25) is 0 Å². The zero-order chi connectivity index (χ0) is 7.56. The Kier molecular flexibility index (Phi) is 2.33. The Morgan fingerprint density at radius 2 is 2.20 bits per heavy atom. The van der Waals surface area contributed by atoms with Crippen molar-refractivity contribution in [3.05, 3.63) is 28.2 Å². The summed E-state index contributed by atoms with van der Waals surface area (Å²) in [4.78, 5) is 0. The van der Waals surface area contributed by atoms with Crippen molar-refractivity contribution in [3.8, 4) is 5.75 Å². The second-order valence-electron chi connectivity index (χ2n) is 2.13. The molecule has 0 saturated heterocycles. The van der Waals surface area contributed by atoms with Gasteiger partial charge in [-0.05, 0) is 24.1 Å². The van der Waals surface area contributed by atoms with Gasteiger partial charge in [0.2, 0.25) is 0 Å². The van der Waals surface area contributed by atoms with Crippen LogP contribution >= 0.6 is 15.9 Å². The summed E-state index contributed by atoms with van der Waals surface area (Å²) >= 11 is 3.35. The summed E-state index contributed by atoms with van der Waals surface area (Å²) in [7, 11) is 0. The molecule has 54 valence electrons. The second-order valence-corrected chi connectivity index (χ2v) is 2.98. The first-order valence-corrected chi connectivity index (χ1v) is 4.00. The highest BCUT2D eigenvalue weighted by molar-refractivity contribution is 9.10. The van der Waals surface area contributed by atoms with E-state index in [4.69, 9.17) is 5.11 Å². The Labute approximate surface area is 68.8 Å². The van der Waals surface area contributed by atoms with E-state index in [0.717, 1.165) is 10.9 Å². The maximum absolute atomic E-state index is 9.00. The molecule has 1 nitrogen and oxygen atoms in total. The smallest absolute Gasteiger partial charge is 0.116 e. The van der Waals surface area contributed by atoms with Crippen molar-refractivity contribution in [1.29, 1.82) is 0 Å². The first-order chi connectivity index (χ1) is 4.74. The summed E-state index contributed by atoms with van der Waals surface area (Å²) in [6.07, 6.45) is 0.987. The monoisotopic (exact) mass is 200 g/mol. The Morgan fingerprint density at radius 1 is 1.50 bits per heavy atom. The van der Waals surface area contributed by atoms with Crippen molar-refractivity contribution >= 4 is 15.9 Å². The summed E-state index contributed by atoms with van der Waals surface area (Å²) < 4.78 is 0.981. The quantitative estimate of drug-likeness (QED) is 0.740. The van der Waals surface area contributed by atoms with Crippen molar-refractivity contribution in [2.45, 2.75) is 13.3 Å². The van der Waals surface area contributed by atoms with E-state index in [1.54, 1.807) is 12.1 Å². The van der Waals surface area contributed by atoms with Crippen LogP contribution in [-0.2, 0) is 6.42 Å². The van der Waals surface area contributed by atoms with Gasteiger partial charge >= 0.3 is 0 Å². The zero-order valence-corrected chi connectivity index (χ0v) is 7.35. The van der Waals surface area contributed by atoms with Crippen LogP contribution in [0.4, 0.5) is 0 Å². The molecule has 1 aromatic rings. The summed E-state index contributed by atoms with van der Waals surface area (Å²) in [5, 5.41) is 9.00. The van der Waals surface area contributed by atoms with Gasteiger partial charge in [-0.2, -0.15) is 0 Å². The van der Waals surface area contributed by atoms with Crippen LogP contribution in [0, 0.1) is 0 Å². The lowest BCUT2D eigenvalue weighted by Crippen LogP contribution is -1.80. The van der Waals surface area contributed by atoms with E-state index in [1.807, 2.05) is 6.07 Å². The van der Waals surface area contributed by atoms with E-state index >= 15 is 0 Å². The van der Waals surface area contributed by atoms with Gasteiger partial charge in [0.25, 0.3) is 0 Å². The van der Waals surface area contributed by atoms with Gasteiger partial charge in [0.15, 0.2) is 0 Å². The minimum Gasteiger partial charge on any atom is -0.508 e. The molecule has 0 aliphatic carbocycles. The third-order valence-corrected chi connectivity index (χ3v) is 2.16. The Hall–Kier alpha value is -0.500. The topological polar surface area (TPSA) is 20.2 Å². The average molecular weight is 201 g/mol. The summed E-state index contributed by atoms with van der Waals surface area (Å²) in [5.41, 5.74) is 1.22. The highest BCUT2D eigenvalue weighted by Gasteiger charge is 1.96. The first-order valence-electron chi connectivity index (χ1n) is 3.21. The van der Waals surface area contributed by atoms with Gasteiger partial charge in [-0.15, -0.1) is 0 Å². The fourth-order valence-corrected chi connectivity index (χ4v) is 1.47. The lowest BCUT2D eigenvalue weighted by atomic mass is 10.2. The summed E-state index contributed by atoms with van der Waals surface area (Å²) in [6.45, 7) is 2.08. The van der Waals surface area contributed by atoms with Crippen molar-refractivity contribution in [3.63, 3.8) is 0 Å². The molecule has 0 atom stereocenters. The fourth-order valence-electron chi connectivity index (χ4n) is 0.823. The molecule has 1 N–H and O–H groups in total. The van der Waals surface area contributed by atoms with Crippen molar-refractivity contribution < 1.29 is 5.11 Å². The van der Waals surface area contributed by atoms with Gasteiger partial charge in [-0.25, -0.2) is 0 Å². The number of rotatable bonds is 1. The number of phenols is 1. The third kappa shape index (κ3) is 1.51. The van der Waals surface area contributed by atoms with Crippen molar-refractivity contribution in [1.82, 2.24) is 0 Å². The maximum atomic E-state index is 9.00.